The maximum absolute atomic E-state index is 12.9. The molecule has 0 aliphatic carbocycles. The molecule has 0 atom stereocenters. The van der Waals surface area contributed by atoms with E-state index in [0.717, 1.165) is 6.07 Å². The first-order chi connectivity index (χ1) is 8.91. The molecular weight excluding hydrogens is 281 g/mol. The topological polar surface area (TPSA) is 26.3 Å². The van der Waals surface area contributed by atoms with Crippen LogP contribution in [0.1, 0.15) is 34.8 Å². The van der Waals surface area contributed by atoms with Crippen molar-refractivity contribution < 1.29 is 22.7 Å². The van der Waals surface area contributed by atoms with Crippen molar-refractivity contribution in [3.63, 3.8) is 0 Å². The van der Waals surface area contributed by atoms with Gasteiger partial charge >= 0.3 is 12.1 Å². The third-order valence-corrected chi connectivity index (χ3v) is 2.80. The number of benzene rings is 1. The number of hydrogen-bond acceptors (Lipinski definition) is 2. The van der Waals surface area contributed by atoms with Gasteiger partial charge in [-0.3, -0.25) is 0 Å². The van der Waals surface area contributed by atoms with Crippen molar-refractivity contribution in [1.82, 2.24) is 0 Å². The van der Waals surface area contributed by atoms with Crippen LogP contribution in [0.15, 0.2) is 18.2 Å². The molecule has 1 aromatic rings. The molecule has 2 nitrogen and oxygen atoms in total. The summed E-state index contributed by atoms with van der Waals surface area (Å²) in [6.07, 6.45) is -4.04. The van der Waals surface area contributed by atoms with E-state index in [1.165, 1.54) is 12.1 Å². The van der Waals surface area contributed by atoms with Crippen molar-refractivity contribution in [2.45, 2.75) is 25.9 Å². The van der Waals surface area contributed by atoms with Crippen LogP contribution in [0, 0.1) is 0 Å². The lowest BCUT2D eigenvalue weighted by Crippen LogP contribution is -2.15. The van der Waals surface area contributed by atoms with Crippen molar-refractivity contribution in [2.75, 3.05) is 12.5 Å². The highest BCUT2D eigenvalue weighted by atomic mass is 35.5. The molecule has 106 valence electrons. The van der Waals surface area contributed by atoms with E-state index in [-0.39, 0.29) is 30.0 Å². The lowest BCUT2D eigenvalue weighted by atomic mass is 9.96. The zero-order valence-electron chi connectivity index (χ0n) is 10.4. The molecule has 0 unspecified atom stereocenters. The van der Waals surface area contributed by atoms with Gasteiger partial charge in [0.1, 0.15) is 0 Å². The van der Waals surface area contributed by atoms with Crippen LogP contribution in [-0.2, 0) is 17.3 Å². The van der Waals surface area contributed by atoms with E-state index in [1.54, 1.807) is 6.92 Å². The summed E-state index contributed by atoms with van der Waals surface area (Å²) in [5.74, 6) is -0.507. The highest BCUT2D eigenvalue weighted by molar-refractivity contribution is 6.17. The summed E-state index contributed by atoms with van der Waals surface area (Å²) in [5, 5.41) is 0. The second-order valence-corrected chi connectivity index (χ2v) is 4.22. The van der Waals surface area contributed by atoms with Crippen LogP contribution in [-0.4, -0.2) is 18.5 Å². The van der Waals surface area contributed by atoms with Gasteiger partial charge in [-0.15, -0.1) is 11.6 Å². The number of esters is 1. The smallest absolute Gasteiger partial charge is 0.416 e. The summed E-state index contributed by atoms with van der Waals surface area (Å²) >= 11 is 5.51. The number of hydrogen-bond donors (Lipinski definition) is 0. The first kappa shape index (κ1) is 15.8. The number of carbonyl (C=O) groups is 1. The van der Waals surface area contributed by atoms with Crippen LogP contribution >= 0.6 is 11.6 Å². The highest BCUT2D eigenvalue weighted by Gasteiger charge is 2.34. The SMILES string of the molecule is CCOC(=O)c1cccc(C(F)(F)F)c1CCCCl. The highest BCUT2D eigenvalue weighted by Crippen LogP contribution is 2.34. The predicted octanol–water partition coefficient (Wildman–Crippen LogP) is 4.05. The summed E-state index contributed by atoms with van der Waals surface area (Å²) in [6, 6.07) is 3.52. The zero-order chi connectivity index (χ0) is 14.5. The van der Waals surface area contributed by atoms with Crippen LogP contribution in [0.2, 0.25) is 0 Å². The van der Waals surface area contributed by atoms with Crippen LogP contribution in [0.5, 0.6) is 0 Å². The zero-order valence-corrected chi connectivity index (χ0v) is 11.1. The summed E-state index contributed by atoms with van der Waals surface area (Å²) in [4.78, 5) is 11.7. The number of ether oxygens (including phenoxy) is 1. The Hall–Kier alpha value is -1.23. The Balaban J connectivity index is 3.26. The van der Waals surface area contributed by atoms with Gasteiger partial charge in [0.15, 0.2) is 0 Å². The van der Waals surface area contributed by atoms with Gasteiger partial charge in [0.05, 0.1) is 17.7 Å². The van der Waals surface area contributed by atoms with E-state index in [0.29, 0.717) is 6.42 Å². The fourth-order valence-corrected chi connectivity index (χ4v) is 1.90. The molecule has 1 rings (SSSR count). The minimum atomic E-state index is -4.50. The first-order valence-electron chi connectivity index (χ1n) is 5.84. The Morgan fingerprint density at radius 3 is 2.58 bits per heavy atom. The average Bonchev–Trinajstić information content (AvgIpc) is 2.35. The third kappa shape index (κ3) is 4.13. The second kappa shape index (κ2) is 6.80. The maximum atomic E-state index is 12.9. The molecule has 0 saturated heterocycles. The minimum absolute atomic E-state index is 0.0400. The Morgan fingerprint density at radius 1 is 1.37 bits per heavy atom. The van der Waals surface area contributed by atoms with E-state index in [9.17, 15) is 18.0 Å². The molecule has 1 aromatic carbocycles. The third-order valence-electron chi connectivity index (χ3n) is 2.54. The normalized spacial score (nSPS) is 11.4. The molecule has 0 aromatic heterocycles. The van der Waals surface area contributed by atoms with Crippen LogP contribution in [0.4, 0.5) is 13.2 Å². The molecular formula is C13H14ClF3O2. The Labute approximate surface area is 114 Å². The monoisotopic (exact) mass is 294 g/mol. The van der Waals surface area contributed by atoms with Crippen molar-refractivity contribution in [1.29, 1.82) is 0 Å². The van der Waals surface area contributed by atoms with Crippen molar-refractivity contribution >= 4 is 17.6 Å². The van der Waals surface area contributed by atoms with Gasteiger partial charge in [-0.25, -0.2) is 4.79 Å². The fraction of sp³-hybridized carbons (Fsp3) is 0.462. The number of carbonyl (C=O) groups excluding carboxylic acids is 1. The van der Waals surface area contributed by atoms with E-state index < -0.39 is 17.7 Å². The number of alkyl halides is 4. The van der Waals surface area contributed by atoms with Gasteiger partial charge < -0.3 is 4.74 Å². The lowest BCUT2D eigenvalue weighted by molar-refractivity contribution is -0.138. The van der Waals surface area contributed by atoms with E-state index >= 15 is 0 Å². The summed E-state index contributed by atoms with van der Waals surface area (Å²) in [7, 11) is 0. The molecule has 0 aliphatic rings. The van der Waals surface area contributed by atoms with Crippen LogP contribution in [0.25, 0.3) is 0 Å². The van der Waals surface area contributed by atoms with Gasteiger partial charge in [0.2, 0.25) is 0 Å². The van der Waals surface area contributed by atoms with Crippen molar-refractivity contribution in [3.8, 4) is 0 Å². The van der Waals surface area contributed by atoms with Crippen molar-refractivity contribution in [2.24, 2.45) is 0 Å². The van der Waals surface area contributed by atoms with E-state index in [1.807, 2.05) is 0 Å². The summed E-state index contributed by atoms with van der Waals surface area (Å²) < 4.78 is 43.5. The lowest BCUT2D eigenvalue weighted by Gasteiger charge is -2.15. The molecule has 0 heterocycles. The molecule has 0 radical (unpaired) electrons. The second-order valence-electron chi connectivity index (χ2n) is 3.84. The van der Waals surface area contributed by atoms with Gasteiger partial charge in [0, 0.05) is 5.88 Å². The van der Waals surface area contributed by atoms with Crippen LogP contribution in [0.3, 0.4) is 0 Å². The van der Waals surface area contributed by atoms with Gasteiger partial charge in [-0.05, 0) is 37.5 Å². The van der Waals surface area contributed by atoms with Gasteiger partial charge in [0.25, 0.3) is 0 Å². The molecule has 0 amide bonds. The summed E-state index contributed by atoms with van der Waals surface area (Å²) in [6.45, 7) is 1.72. The van der Waals surface area contributed by atoms with E-state index in [2.05, 4.69) is 0 Å². The summed E-state index contributed by atoms with van der Waals surface area (Å²) in [5.41, 5.74) is -0.890. The number of halogens is 4. The fourth-order valence-electron chi connectivity index (χ4n) is 1.77. The Bertz CT molecular complexity index is 444. The number of rotatable bonds is 5. The molecule has 0 saturated carbocycles. The predicted molar refractivity (Wildman–Crippen MR) is 66.4 cm³/mol. The molecule has 0 N–H and O–H groups in total. The molecule has 0 bridgehead atoms. The molecule has 0 spiro atoms. The molecule has 0 fully saturated rings. The van der Waals surface area contributed by atoms with Crippen molar-refractivity contribution in [3.05, 3.63) is 34.9 Å². The Morgan fingerprint density at radius 2 is 2.05 bits per heavy atom. The van der Waals surface area contributed by atoms with E-state index in [4.69, 9.17) is 16.3 Å². The maximum Gasteiger partial charge on any atom is 0.416 e. The molecule has 6 heteroatoms. The quantitative estimate of drug-likeness (QED) is 0.605. The standard InChI is InChI=1S/C13H14ClF3O2/c1-2-19-12(18)10-5-3-7-11(13(15,16)17)9(10)6-4-8-14/h3,5,7H,2,4,6,8H2,1H3. The largest absolute Gasteiger partial charge is 0.462 e. The minimum Gasteiger partial charge on any atom is -0.462 e. The molecule has 0 aliphatic heterocycles. The first-order valence-corrected chi connectivity index (χ1v) is 6.37. The molecule has 19 heavy (non-hydrogen) atoms. The average molecular weight is 295 g/mol. The Kier molecular flexibility index (Phi) is 5.66. The van der Waals surface area contributed by atoms with Gasteiger partial charge in [-0.2, -0.15) is 13.2 Å². The van der Waals surface area contributed by atoms with Gasteiger partial charge in [-0.1, -0.05) is 6.07 Å². The van der Waals surface area contributed by atoms with Crippen LogP contribution < -0.4 is 0 Å².